The minimum absolute atomic E-state index is 0.177. The molecule has 2 saturated heterocycles. The maximum absolute atomic E-state index is 13.3. The Morgan fingerprint density at radius 1 is 1.00 bits per heavy atom. The van der Waals surface area contributed by atoms with Crippen molar-refractivity contribution < 1.29 is 13.6 Å². The largest absolute Gasteiger partial charge is 0.322 e. The van der Waals surface area contributed by atoms with Gasteiger partial charge in [-0.15, -0.1) is 0 Å². The molecule has 2 saturated carbocycles. The van der Waals surface area contributed by atoms with Crippen molar-refractivity contribution in [3.63, 3.8) is 0 Å². The Bertz CT molecular complexity index is 592. The van der Waals surface area contributed by atoms with Crippen molar-refractivity contribution >= 4 is 11.7 Å². The third kappa shape index (κ3) is 2.46. The van der Waals surface area contributed by atoms with Gasteiger partial charge in [-0.3, -0.25) is 0 Å². The Balaban J connectivity index is 1.51. The molecule has 3 nitrogen and oxygen atoms in total. The molecule has 4 bridgehead atoms. The minimum atomic E-state index is -0.936. The highest BCUT2D eigenvalue weighted by Crippen LogP contribution is 2.47. The lowest BCUT2D eigenvalue weighted by molar-refractivity contribution is 0.136. The number of amides is 2. The van der Waals surface area contributed by atoms with Crippen LogP contribution in [0.25, 0.3) is 0 Å². The van der Waals surface area contributed by atoms with Crippen LogP contribution in [0.2, 0.25) is 0 Å². The Hall–Kier alpha value is -1.65. The molecule has 22 heavy (non-hydrogen) atoms. The van der Waals surface area contributed by atoms with Crippen LogP contribution in [0.3, 0.4) is 0 Å². The van der Waals surface area contributed by atoms with Gasteiger partial charge in [0.1, 0.15) is 0 Å². The van der Waals surface area contributed by atoms with E-state index in [-0.39, 0.29) is 6.03 Å². The SMILES string of the molecule is O=C(Nc1ccc(F)c(F)c1)N1CC2CC3CC(C2)CC1C3. The topological polar surface area (TPSA) is 32.3 Å². The van der Waals surface area contributed by atoms with Crippen LogP contribution in [0.1, 0.15) is 32.1 Å². The van der Waals surface area contributed by atoms with Crippen LogP contribution < -0.4 is 5.32 Å². The van der Waals surface area contributed by atoms with E-state index in [1.54, 1.807) is 0 Å². The van der Waals surface area contributed by atoms with Gasteiger partial charge in [-0.2, -0.15) is 0 Å². The zero-order chi connectivity index (χ0) is 15.3. The van der Waals surface area contributed by atoms with E-state index in [1.807, 2.05) is 4.90 Å². The Kier molecular flexibility index (Phi) is 3.31. The summed E-state index contributed by atoms with van der Waals surface area (Å²) in [6, 6.07) is 3.61. The second kappa shape index (κ2) is 5.21. The van der Waals surface area contributed by atoms with Gasteiger partial charge in [-0.25, -0.2) is 13.6 Å². The maximum Gasteiger partial charge on any atom is 0.322 e. The molecule has 0 radical (unpaired) electrons. The predicted octanol–water partition coefficient (Wildman–Crippen LogP) is 4.01. The van der Waals surface area contributed by atoms with E-state index in [9.17, 15) is 13.6 Å². The van der Waals surface area contributed by atoms with Crippen LogP contribution >= 0.6 is 0 Å². The number of hydrogen-bond acceptors (Lipinski definition) is 1. The van der Waals surface area contributed by atoms with E-state index >= 15 is 0 Å². The molecular weight excluding hydrogens is 286 g/mol. The quantitative estimate of drug-likeness (QED) is 0.835. The fraction of sp³-hybridized carbons (Fsp3) is 0.588. The summed E-state index contributed by atoms with van der Waals surface area (Å²) in [5.74, 6) is 0.302. The van der Waals surface area contributed by atoms with Gasteiger partial charge in [-0.1, -0.05) is 0 Å². The van der Waals surface area contributed by atoms with Gasteiger partial charge in [-0.05, 0) is 62.0 Å². The molecule has 5 heteroatoms. The number of anilines is 1. The van der Waals surface area contributed by atoms with E-state index in [0.717, 1.165) is 43.4 Å². The van der Waals surface area contributed by atoms with E-state index < -0.39 is 11.6 Å². The molecule has 2 unspecified atom stereocenters. The number of benzene rings is 1. The third-order valence-corrected chi connectivity index (χ3v) is 5.54. The summed E-state index contributed by atoms with van der Waals surface area (Å²) in [6.45, 7) is 0.799. The zero-order valence-corrected chi connectivity index (χ0v) is 12.4. The molecular formula is C17H20F2N2O. The summed E-state index contributed by atoms with van der Waals surface area (Å²) in [5, 5.41) is 2.73. The predicted molar refractivity (Wildman–Crippen MR) is 79.4 cm³/mol. The lowest BCUT2D eigenvalue weighted by Crippen LogP contribution is -2.44. The normalized spacial score (nSPS) is 32.9. The first-order valence-corrected chi connectivity index (χ1v) is 8.11. The number of rotatable bonds is 1. The molecule has 1 N–H and O–H groups in total. The standard InChI is InChI=1S/C17H20F2N2O/c18-15-2-1-13(8-16(15)19)20-17(22)21-9-12-4-10-3-11(5-12)7-14(21)6-10/h1-2,8,10-12,14H,3-7,9H2,(H,20,22). The monoisotopic (exact) mass is 306 g/mol. The molecule has 1 aromatic rings. The average molecular weight is 306 g/mol. The van der Waals surface area contributed by atoms with Crippen molar-refractivity contribution in [3.8, 4) is 0 Å². The highest BCUT2D eigenvalue weighted by molar-refractivity contribution is 5.89. The first kappa shape index (κ1) is 14.0. The summed E-state index contributed by atoms with van der Waals surface area (Å²) < 4.78 is 26.2. The number of hydrogen-bond donors (Lipinski definition) is 1. The summed E-state index contributed by atoms with van der Waals surface area (Å²) in [6.07, 6.45) is 5.99. The van der Waals surface area contributed by atoms with Crippen molar-refractivity contribution in [2.45, 2.75) is 38.1 Å². The summed E-state index contributed by atoms with van der Waals surface area (Å²) in [4.78, 5) is 14.5. The Morgan fingerprint density at radius 3 is 2.36 bits per heavy atom. The van der Waals surface area contributed by atoms with Crippen LogP contribution in [0, 0.1) is 29.4 Å². The number of fused-ring (bicyclic) bond motifs is 1. The number of nitrogens with zero attached hydrogens (tertiary/aromatic N) is 1. The van der Waals surface area contributed by atoms with E-state index in [1.165, 1.54) is 25.3 Å². The smallest absolute Gasteiger partial charge is 0.321 e. The van der Waals surface area contributed by atoms with Gasteiger partial charge in [0.05, 0.1) is 0 Å². The molecule has 2 heterocycles. The van der Waals surface area contributed by atoms with Gasteiger partial charge in [0, 0.05) is 24.3 Å². The van der Waals surface area contributed by atoms with Crippen molar-refractivity contribution in [1.82, 2.24) is 4.90 Å². The molecule has 1 aromatic carbocycles. The van der Waals surface area contributed by atoms with E-state index in [2.05, 4.69) is 5.32 Å². The van der Waals surface area contributed by atoms with Crippen molar-refractivity contribution in [2.24, 2.45) is 17.8 Å². The second-order valence-electron chi connectivity index (χ2n) is 7.14. The molecule has 2 amide bonds. The van der Waals surface area contributed by atoms with Crippen LogP contribution in [-0.2, 0) is 0 Å². The average Bonchev–Trinajstić information content (AvgIpc) is 2.67. The third-order valence-electron chi connectivity index (χ3n) is 5.54. The molecule has 2 aliphatic carbocycles. The minimum Gasteiger partial charge on any atom is -0.321 e. The van der Waals surface area contributed by atoms with Crippen molar-refractivity contribution in [3.05, 3.63) is 29.8 Å². The first-order valence-electron chi connectivity index (χ1n) is 8.11. The highest BCUT2D eigenvalue weighted by atomic mass is 19.2. The lowest BCUT2D eigenvalue weighted by Gasteiger charge is -2.38. The van der Waals surface area contributed by atoms with E-state index in [4.69, 9.17) is 0 Å². The molecule has 4 aliphatic rings. The summed E-state index contributed by atoms with van der Waals surface area (Å²) in [7, 11) is 0. The molecule has 4 fully saturated rings. The fourth-order valence-corrected chi connectivity index (χ4v) is 4.80. The van der Waals surface area contributed by atoms with E-state index in [0.29, 0.717) is 17.6 Å². The van der Waals surface area contributed by atoms with Gasteiger partial charge >= 0.3 is 6.03 Å². The van der Waals surface area contributed by atoms with Crippen LogP contribution in [0.4, 0.5) is 19.3 Å². The van der Waals surface area contributed by atoms with Crippen LogP contribution in [0.15, 0.2) is 18.2 Å². The Labute approximate surface area is 128 Å². The van der Waals surface area contributed by atoms with Gasteiger partial charge in [0.15, 0.2) is 11.6 Å². The number of carbonyl (C=O) groups excluding carboxylic acids is 1. The fourth-order valence-electron chi connectivity index (χ4n) is 4.80. The molecule has 2 aliphatic heterocycles. The lowest BCUT2D eigenvalue weighted by atomic mass is 9.68. The second-order valence-corrected chi connectivity index (χ2v) is 7.14. The number of nitrogens with one attached hydrogen (secondary N) is 1. The van der Waals surface area contributed by atoms with Crippen LogP contribution in [0.5, 0.6) is 0 Å². The Morgan fingerprint density at radius 2 is 1.68 bits per heavy atom. The molecule has 2 atom stereocenters. The van der Waals surface area contributed by atoms with Crippen LogP contribution in [-0.4, -0.2) is 23.5 Å². The molecule has 0 spiro atoms. The number of urea groups is 1. The first-order chi connectivity index (χ1) is 10.6. The number of carbonyl (C=O) groups is 1. The summed E-state index contributed by atoms with van der Waals surface area (Å²) >= 11 is 0. The van der Waals surface area contributed by atoms with Crippen molar-refractivity contribution in [1.29, 1.82) is 0 Å². The number of halogens is 2. The highest BCUT2D eigenvalue weighted by Gasteiger charge is 2.44. The van der Waals surface area contributed by atoms with Gasteiger partial charge in [0.2, 0.25) is 0 Å². The molecule has 0 aromatic heterocycles. The summed E-state index contributed by atoms with van der Waals surface area (Å²) in [5.41, 5.74) is 0.313. The van der Waals surface area contributed by atoms with Gasteiger partial charge in [0.25, 0.3) is 0 Å². The molecule has 5 rings (SSSR count). The maximum atomic E-state index is 13.3. The molecule has 118 valence electrons. The van der Waals surface area contributed by atoms with Crippen molar-refractivity contribution in [2.75, 3.05) is 11.9 Å². The zero-order valence-electron chi connectivity index (χ0n) is 12.4. The van der Waals surface area contributed by atoms with Gasteiger partial charge < -0.3 is 10.2 Å².